The minimum absolute atomic E-state index is 0.0215. The predicted molar refractivity (Wildman–Crippen MR) is 143 cm³/mol. The van der Waals surface area contributed by atoms with Gasteiger partial charge in [0.15, 0.2) is 0 Å². The highest BCUT2D eigenvalue weighted by molar-refractivity contribution is 7.84. The number of nitrogens with two attached hydrogens (primary N) is 1. The van der Waals surface area contributed by atoms with Crippen molar-refractivity contribution in [3.63, 3.8) is 0 Å². The molecule has 0 aliphatic carbocycles. The van der Waals surface area contributed by atoms with Crippen LogP contribution in [0.15, 0.2) is 42.5 Å². The second-order valence-corrected chi connectivity index (χ2v) is 10.3. The van der Waals surface area contributed by atoms with Crippen molar-refractivity contribution in [1.29, 1.82) is 0 Å². The minimum Gasteiger partial charge on any atom is -0.508 e. The standard InChI is InChI=1S/C27H40N2O8S/c28-38(34,35)37-27(33)18-22-11-4-3-9-21(22)10-5-8-16-36-15-7-2-1-6-14-29-19-26(32)23-12-13-25(31)24(17-23)20-30/h3-4,9,11-13,17,26,29-32H,1-2,5-8,10,14-16,18-20H2,(H2,28,34,35)/t26-/m0/s1. The van der Waals surface area contributed by atoms with Crippen molar-refractivity contribution in [2.75, 3.05) is 26.3 Å². The number of ether oxygens (including phenoxy) is 1. The molecule has 0 saturated carbocycles. The van der Waals surface area contributed by atoms with Crippen molar-refractivity contribution in [2.45, 2.75) is 64.1 Å². The molecule has 0 aromatic heterocycles. The molecule has 11 heteroatoms. The van der Waals surface area contributed by atoms with Crippen molar-refractivity contribution in [3.8, 4) is 5.75 Å². The molecule has 0 aliphatic rings. The highest BCUT2D eigenvalue weighted by Crippen LogP contribution is 2.22. The Bertz CT molecular complexity index is 1090. The van der Waals surface area contributed by atoms with Crippen LogP contribution in [0.4, 0.5) is 0 Å². The van der Waals surface area contributed by atoms with Crippen LogP contribution in [0, 0.1) is 0 Å². The first-order valence-corrected chi connectivity index (χ1v) is 14.4. The van der Waals surface area contributed by atoms with Gasteiger partial charge in [0.1, 0.15) is 5.75 Å². The zero-order chi connectivity index (χ0) is 27.8. The molecule has 0 heterocycles. The maximum atomic E-state index is 11.7. The maximum absolute atomic E-state index is 11.7. The molecule has 0 amide bonds. The zero-order valence-electron chi connectivity index (χ0n) is 21.7. The van der Waals surface area contributed by atoms with E-state index in [1.807, 2.05) is 12.1 Å². The number of unbranched alkanes of at least 4 members (excludes halogenated alkanes) is 4. The number of rotatable bonds is 19. The molecule has 6 N–H and O–H groups in total. The summed E-state index contributed by atoms with van der Waals surface area (Å²) in [6.45, 7) is 2.29. The minimum atomic E-state index is -4.30. The molecule has 0 spiro atoms. The number of hydrogen-bond acceptors (Lipinski definition) is 9. The average molecular weight is 553 g/mol. The van der Waals surface area contributed by atoms with Gasteiger partial charge in [-0.25, -0.2) is 0 Å². The fourth-order valence-electron chi connectivity index (χ4n) is 4.01. The lowest BCUT2D eigenvalue weighted by Gasteiger charge is -2.14. The van der Waals surface area contributed by atoms with E-state index < -0.39 is 22.4 Å². The number of hydrogen-bond donors (Lipinski definition) is 5. The van der Waals surface area contributed by atoms with Crippen molar-refractivity contribution < 1.29 is 37.5 Å². The first-order valence-electron chi connectivity index (χ1n) is 12.9. The van der Waals surface area contributed by atoms with Crippen LogP contribution in [0.25, 0.3) is 0 Å². The van der Waals surface area contributed by atoms with Gasteiger partial charge in [-0.3, -0.25) is 4.79 Å². The van der Waals surface area contributed by atoms with Gasteiger partial charge in [0.25, 0.3) is 0 Å². The summed E-state index contributed by atoms with van der Waals surface area (Å²) >= 11 is 0. The van der Waals surface area contributed by atoms with E-state index in [1.54, 1.807) is 24.3 Å². The molecular formula is C27H40N2O8S. The van der Waals surface area contributed by atoms with E-state index in [2.05, 4.69) is 9.50 Å². The maximum Gasteiger partial charge on any atom is 0.382 e. The molecule has 0 aliphatic heterocycles. The average Bonchev–Trinajstić information content (AvgIpc) is 2.86. The van der Waals surface area contributed by atoms with E-state index in [0.29, 0.717) is 30.9 Å². The molecule has 212 valence electrons. The topological polar surface area (TPSA) is 168 Å². The van der Waals surface area contributed by atoms with Crippen LogP contribution in [0.5, 0.6) is 5.75 Å². The Labute approximate surface area is 225 Å². The number of aliphatic hydroxyl groups excluding tert-OH is 2. The summed E-state index contributed by atoms with van der Waals surface area (Å²) in [4.78, 5) is 11.7. The quantitative estimate of drug-likeness (QED) is 0.164. The fraction of sp³-hybridized carbons (Fsp3) is 0.519. The summed E-state index contributed by atoms with van der Waals surface area (Å²) in [5.74, 6) is -0.878. The molecule has 10 nitrogen and oxygen atoms in total. The Balaban J connectivity index is 1.48. The smallest absolute Gasteiger partial charge is 0.382 e. The van der Waals surface area contributed by atoms with Crippen LogP contribution in [-0.4, -0.2) is 56.0 Å². The normalized spacial score (nSPS) is 12.4. The lowest BCUT2D eigenvalue weighted by Crippen LogP contribution is -2.22. The Morgan fingerprint density at radius 2 is 1.63 bits per heavy atom. The van der Waals surface area contributed by atoms with E-state index in [9.17, 15) is 28.5 Å². The van der Waals surface area contributed by atoms with E-state index in [-0.39, 0.29) is 18.8 Å². The number of carbonyl (C=O) groups is 1. The van der Waals surface area contributed by atoms with Gasteiger partial charge in [0.2, 0.25) is 0 Å². The van der Waals surface area contributed by atoms with E-state index in [1.165, 1.54) is 6.07 Å². The molecule has 0 bridgehead atoms. The molecule has 38 heavy (non-hydrogen) atoms. The summed E-state index contributed by atoms with van der Waals surface area (Å²) in [6.07, 6.45) is 5.75. The summed E-state index contributed by atoms with van der Waals surface area (Å²) in [5.41, 5.74) is 2.75. The molecule has 0 saturated heterocycles. The van der Waals surface area contributed by atoms with E-state index in [0.717, 1.165) is 62.6 Å². The van der Waals surface area contributed by atoms with Gasteiger partial charge in [0, 0.05) is 25.3 Å². The molecular weight excluding hydrogens is 512 g/mol. The highest BCUT2D eigenvalue weighted by Gasteiger charge is 2.14. The summed E-state index contributed by atoms with van der Waals surface area (Å²) in [7, 11) is -4.30. The molecule has 0 fully saturated rings. The lowest BCUT2D eigenvalue weighted by molar-refractivity contribution is -0.133. The largest absolute Gasteiger partial charge is 0.508 e. The fourth-order valence-corrected chi connectivity index (χ4v) is 4.33. The first-order chi connectivity index (χ1) is 18.2. The second kappa shape index (κ2) is 17.1. The van der Waals surface area contributed by atoms with Gasteiger partial charge < -0.3 is 29.6 Å². The Hall–Kier alpha value is -2.54. The third kappa shape index (κ3) is 12.8. The highest BCUT2D eigenvalue weighted by atomic mass is 32.2. The van der Waals surface area contributed by atoms with Gasteiger partial charge in [-0.15, -0.1) is 0 Å². The number of aliphatic hydroxyl groups is 2. The SMILES string of the molecule is NS(=O)(=O)OC(=O)Cc1ccccc1CCCCOCCCCCCNC[C@H](O)c1ccc(O)c(CO)c1. The second-order valence-electron chi connectivity index (χ2n) is 9.14. The van der Waals surface area contributed by atoms with E-state index in [4.69, 9.17) is 9.88 Å². The Morgan fingerprint density at radius 3 is 2.34 bits per heavy atom. The number of carbonyl (C=O) groups excluding carboxylic acids is 1. The van der Waals surface area contributed by atoms with Gasteiger partial charge >= 0.3 is 16.3 Å². The van der Waals surface area contributed by atoms with E-state index >= 15 is 0 Å². The molecule has 2 aromatic carbocycles. The first kappa shape index (κ1) is 31.7. The van der Waals surface area contributed by atoms with Crippen molar-refractivity contribution >= 4 is 16.3 Å². The Kier molecular flexibility index (Phi) is 14.3. The lowest BCUT2D eigenvalue weighted by atomic mass is 10.00. The third-order valence-electron chi connectivity index (χ3n) is 6.04. The van der Waals surface area contributed by atoms with Crippen LogP contribution >= 0.6 is 0 Å². The number of nitrogens with one attached hydrogen (secondary N) is 1. The van der Waals surface area contributed by atoms with Crippen LogP contribution in [0.2, 0.25) is 0 Å². The summed E-state index contributed by atoms with van der Waals surface area (Å²) < 4.78 is 31.7. The van der Waals surface area contributed by atoms with Crippen LogP contribution in [-0.2, 0) is 43.5 Å². The molecule has 0 unspecified atom stereocenters. The van der Waals surface area contributed by atoms with Gasteiger partial charge in [-0.05, 0) is 67.5 Å². The monoisotopic (exact) mass is 552 g/mol. The van der Waals surface area contributed by atoms with Crippen LogP contribution < -0.4 is 10.5 Å². The number of aromatic hydroxyl groups is 1. The van der Waals surface area contributed by atoms with Crippen molar-refractivity contribution in [2.24, 2.45) is 5.14 Å². The molecule has 2 rings (SSSR count). The van der Waals surface area contributed by atoms with Crippen LogP contribution in [0.1, 0.15) is 66.9 Å². The molecule has 2 aromatic rings. The van der Waals surface area contributed by atoms with Gasteiger partial charge in [-0.1, -0.05) is 43.2 Å². The molecule has 0 radical (unpaired) electrons. The molecule has 1 atom stereocenters. The zero-order valence-corrected chi connectivity index (χ0v) is 22.5. The van der Waals surface area contributed by atoms with Gasteiger partial charge in [0.05, 0.1) is 19.1 Å². The number of phenols is 1. The van der Waals surface area contributed by atoms with Crippen LogP contribution in [0.3, 0.4) is 0 Å². The Morgan fingerprint density at radius 1 is 0.947 bits per heavy atom. The summed E-state index contributed by atoms with van der Waals surface area (Å²) in [5, 5.41) is 37.1. The predicted octanol–water partition coefficient (Wildman–Crippen LogP) is 2.40. The number of benzene rings is 2. The van der Waals surface area contributed by atoms with Gasteiger partial charge in [-0.2, -0.15) is 13.6 Å². The third-order valence-corrected chi connectivity index (χ3v) is 6.45. The summed E-state index contributed by atoms with van der Waals surface area (Å²) in [6, 6.07) is 12.1. The van der Waals surface area contributed by atoms with Crippen molar-refractivity contribution in [1.82, 2.24) is 5.32 Å². The number of aryl methyl sites for hydroxylation is 1. The van der Waals surface area contributed by atoms with Crippen molar-refractivity contribution in [3.05, 3.63) is 64.7 Å².